The van der Waals surface area contributed by atoms with Crippen LogP contribution in [0, 0.1) is 12.7 Å². The number of anilines is 2. The molecule has 2 amide bonds. The van der Waals surface area contributed by atoms with Gasteiger partial charge in [-0.3, -0.25) is 9.59 Å². The van der Waals surface area contributed by atoms with Crippen molar-refractivity contribution in [3.8, 4) is 5.75 Å². The second-order valence-corrected chi connectivity index (χ2v) is 8.81. The van der Waals surface area contributed by atoms with Crippen LogP contribution in [0.15, 0.2) is 48.5 Å². The van der Waals surface area contributed by atoms with E-state index in [0.29, 0.717) is 27.8 Å². The number of benzene rings is 2. The molecular weight excluding hydrogens is 461 g/mol. The zero-order chi connectivity index (χ0) is 24.2. The summed E-state index contributed by atoms with van der Waals surface area (Å²) in [4.78, 5) is 43.8. The van der Waals surface area contributed by atoms with Crippen LogP contribution in [0.25, 0.3) is 0 Å². The summed E-state index contributed by atoms with van der Waals surface area (Å²) in [6.45, 7) is 3.06. The molecule has 0 saturated carbocycles. The van der Waals surface area contributed by atoms with Crippen molar-refractivity contribution in [2.75, 3.05) is 16.8 Å². The molecule has 1 aliphatic rings. The first-order valence-corrected chi connectivity index (χ1v) is 11.4. The normalized spacial score (nSPS) is 15.2. The second-order valence-electron chi connectivity index (χ2n) is 7.72. The Labute approximate surface area is 199 Å². The number of para-hydroxylation sites is 2. The number of hydrogen-bond donors (Lipinski definition) is 1. The summed E-state index contributed by atoms with van der Waals surface area (Å²) in [5, 5.41) is 3.33. The molecule has 0 aliphatic carbocycles. The molecule has 34 heavy (non-hydrogen) atoms. The third kappa shape index (κ3) is 5.23. The molecule has 10 heteroatoms. The van der Waals surface area contributed by atoms with Crippen molar-refractivity contribution >= 4 is 40.5 Å². The van der Waals surface area contributed by atoms with E-state index in [-0.39, 0.29) is 29.6 Å². The molecule has 0 fully saturated rings. The Bertz CT molecular complexity index is 1230. The molecule has 0 radical (unpaired) electrons. The highest BCUT2D eigenvalue weighted by Crippen LogP contribution is 2.31. The first kappa shape index (κ1) is 23.4. The van der Waals surface area contributed by atoms with E-state index in [0.717, 1.165) is 11.3 Å². The minimum atomic E-state index is -0.665. The summed E-state index contributed by atoms with van der Waals surface area (Å²) < 4.78 is 23.9. The molecule has 176 valence electrons. The minimum Gasteiger partial charge on any atom is -0.486 e. The maximum atomic E-state index is 13.0. The summed E-state index contributed by atoms with van der Waals surface area (Å²) in [6, 6.07) is 12.2. The molecule has 1 aliphatic heterocycles. The lowest BCUT2D eigenvalue weighted by Crippen LogP contribution is -2.41. The van der Waals surface area contributed by atoms with Crippen LogP contribution >= 0.6 is 11.3 Å². The Kier molecular flexibility index (Phi) is 6.87. The molecule has 1 unspecified atom stereocenters. The largest absolute Gasteiger partial charge is 0.486 e. The van der Waals surface area contributed by atoms with Gasteiger partial charge in [0.1, 0.15) is 28.1 Å². The predicted octanol–water partition coefficient (Wildman–Crippen LogP) is 4.09. The number of halogens is 1. The van der Waals surface area contributed by atoms with Gasteiger partial charge in [-0.1, -0.05) is 12.1 Å². The summed E-state index contributed by atoms with van der Waals surface area (Å²) in [7, 11) is 0. The van der Waals surface area contributed by atoms with E-state index in [1.54, 1.807) is 38.1 Å². The number of aromatic nitrogens is 1. The summed E-state index contributed by atoms with van der Waals surface area (Å²) in [6.07, 6.45) is 0.125. The zero-order valence-electron chi connectivity index (χ0n) is 18.5. The van der Waals surface area contributed by atoms with Crippen LogP contribution in [0.5, 0.6) is 5.75 Å². The average molecular weight is 484 g/mol. The molecule has 4 rings (SSSR count). The molecule has 0 bridgehead atoms. The van der Waals surface area contributed by atoms with Gasteiger partial charge in [0.2, 0.25) is 5.91 Å². The van der Waals surface area contributed by atoms with E-state index < -0.39 is 24.5 Å². The average Bonchev–Trinajstić information content (AvgIpc) is 3.12. The number of ether oxygens (including phenoxy) is 2. The Hall–Kier alpha value is -3.79. The molecule has 3 aromatic rings. The fourth-order valence-electron chi connectivity index (χ4n) is 3.61. The van der Waals surface area contributed by atoms with Crippen LogP contribution in [0.4, 0.5) is 15.8 Å². The maximum Gasteiger partial charge on any atom is 0.350 e. The highest BCUT2D eigenvalue weighted by atomic mass is 32.1. The molecule has 0 spiro atoms. The van der Waals surface area contributed by atoms with E-state index in [4.69, 9.17) is 9.47 Å². The third-order valence-electron chi connectivity index (χ3n) is 5.16. The number of carbonyl (C=O) groups excluding carboxylic acids is 3. The van der Waals surface area contributed by atoms with Gasteiger partial charge < -0.3 is 19.7 Å². The number of rotatable bonds is 6. The fraction of sp³-hybridized carbons (Fsp3) is 0.250. The smallest absolute Gasteiger partial charge is 0.350 e. The molecule has 1 atom stereocenters. The van der Waals surface area contributed by atoms with Crippen molar-refractivity contribution in [3.63, 3.8) is 0 Å². The maximum absolute atomic E-state index is 13.0. The lowest BCUT2D eigenvalue weighted by Gasteiger charge is -2.27. The molecule has 1 N–H and O–H groups in total. The number of amides is 2. The number of aryl methyl sites for hydroxylation is 1. The zero-order valence-corrected chi connectivity index (χ0v) is 19.4. The van der Waals surface area contributed by atoms with Crippen LogP contribution in [-0.4, -0.2) is 35.4 Å². The molecular formula is C24H22FN3O5S. The lowest BCUT2D eigenvalue weighted by molar-refractivity contribution is -0.122. The highest BCUT2D eigenvalue weighted by Gasteiger charge is 2.30. The van der Waals surface area contributed by atoms with E-state index in [1.165, 1.54) is 29.2 Å². The van der Waals surface area contributed by atoms with Gasteiger partial charge in [0.05, 0.1) is 17.1 Å². The van der Waals surface area contributed by atoms with Crippen molar-refractivity contribution in [1.82, 2.24) is 4.98 Å². The number of thiazole rings is 1. The van der Waals surface area contributed by atoms with Gasteiger partial charge in [0.25, 0.3) is 5.91 Å². The predicted molar refractivity (Wildman–Crippen MR) is 125 cm³/mol. The van der Waals surface area contributed by atoms with Crippen LogP contribution in [0.3, 0.4) is 0 Å². The number of carbonyl (C=O) groups is 3. The molecule has 2 heterocycles. The Morgan fingerprint density at radius 1 is 1.21 bits per heavy atom. The standard InChI is InChI=1S/C24H22FN3O5S/c1-14-11-20(29)27-18-5-3-4-6-19(18)28(14)22(30)13-33-24(31)23-15(2)26-21(34-23)12-32-17-9-7-16(25)8-10-17/h3-10,14H,11-13H2,1-2H3,(H,27,29). The van der Waals surface area contributed by atoms with Gasteiger partial charge in [0, 0.05) is 12.5 Å². The topological polar surface area (TPSA) is 97.8 Å². The Balaban J connectivity index is 1.40. The van der Waals surface area contributed by atoms with Crippen molar-refractivity contribution in [1.29, 1.82) is 0 Å². The van der Waals surface area contributed by atoms with Crippen LogP contribution in [0.2, 0.25) is 0 Å². The van der Waals surface area contributed by atoms with Gasteiger partial charge in [-0.25, -0.2) is 14.2 Å². The molecule has 0 saturated heterocycles. The number of esters is 1. The first-order chi connectivity index (χ1) is 16.3. The van der Waals surface area contributed by atoms with Crippen LogP contribution in [0.1, 0.15) is 33.7 Å². The van der Waals surface area contributed by atoms with E-state index >= 15 is 0 Å². The van der Waals surface area contributed by atoms with Crippen LogP contribution in [-0.2, 0) is 20.9 Å². The first-order valence-electron chi connectivity index (χ1n) is 10.5. The van der Waals surface area contributed by atoms with Gasteiger partial charge >= 0.3 is 5.97 Å². The Morgan fingerprint density at radius 2 is 1.94 bits per heavy atom. The minimum absolute atomic E-state index is 0.104. The Morgan fingerprint density at radius 3 is 2.71 bits per heavy atom. The fourth-order valence-corrected chi connectivity index (χ4v) is 4.48. The van der Waals surface area contributed by atoms with Crippen molar-refractivity contribution in [2.45, 2.75) is 32.9 Å². The van der Waals surface area contributed by atoms with Crippen LogP contribution < -0.4 is 15.0 Å². The quantitative estimate of drug-likeness (QED) is 0.531. The molecule has 1 aromatic heterocycles. The van der Waals surface area contributed by atoms with Gasteiger partial charge in [0.15, 0.2) is 6.61 Å². The number of hydrogen-bond acceptors (Lipinski definition) is 7. The molecule has 2 aromatic carbocycles. The van der Waals surface area contributed by atoms with Crippen molar-refractivity contribution in [2.24, 2.45) is 0 Å². The van der Waals surface area contributed by atoms with Crippen molar-refractivity contribution in [3.05, 3.63) is 69.9 Å². The third-order valence-corrected chi connectivity index (χ3v) is 6.27. The van der Waals surface area contributed by atoms with Gasteiger partial charge in [-0.2, -0.15) is 0 Å². The van der Waals surface area contributed by atoms with Gasteiger partial charge in [-0.15, -0.1) is 11.3 Å². The van der Waals surface area contributed by atoms with Gasteiger partial charge in [-0.05, 0) is 50.2 Å². The number of fused-ring (bicyclic) bond motifs is 1. The monoisotopic (exact) mass is 483 g/mol. The number of nitrogens with zero attached hydrogens (tertiary/aromatic N) is 2. The highest BCUT2D eigenvalue weighted by molar-refractivity contribution is 7.13. The lowest BCUT2D eigenvalue weighted by atomic mass is 10.1. The van der Waals surface area contributed by atoms with E-state index in [9.17, 15) is 18.8 Å². The van der Waals surface area contributed by atoms with E-state index in [2.05, 4.69) is 10.3 Å². The second kappa shape index (κ2) is 10.0. The number of nitrogens with one attached hydrogen (secondary N) is 1. The summed E-state index contributed by atoms with van der Waals surface area (Å²) in [5.41, 5.74) is 1.54. The molecule has 8 nitrogen and oxygen atoms in total. The van der Waals surface area contributed by atoms with E-state index in [1.807, 2.05) is 0 Å². The summed E-state index contributed by atoms with van der Waals surface area (Å²) in [5.74, 6) is -1.18. The summed E-state index contributed by atoms with van der Waals surface area (Å²) >= 11 is 1.11. The SMILES string of the molecule is Cc1nc(COc2ccc(F)cc2)sc1C(=O)OCC(=O)N1c2ccccc2NC(=O)CC1C. The van der Waals surface area contributed by atoms with Crippen molar-refractivity contribution < 1.29 is 28.2 Å².